The van der Waals surface area contributed by atoms with Gasteiger partial charge < -0.3 is 19.1 Å². The van der Waals surface area contributed by atoms with Crippen molar-refractivity contribution in [3.8, 4) is 11.5 Å². The van der Waals surface area contributed by atoms with Gasteiger partial charge in [0.25, 0.3) is 11.6 Å². The fourth-order valence-corrected chi connectivity index (χ4v) is 3.51. The van der Waals surface area contributed by atoms with Gasteiger partial charge in [0.15, 0.2) is 17.6 Å². The van der Waals surface area contributed by atoms with Gasteiger partial charge in [-0.2, -0.15) is 0 Å². The second-order valence-corrected chi connectivity index (χ2v) is 6.85. The van der Waals surface area contributed by atoms with E-state index >= 15 is 0 Å². The maximum atomic E-state index is 12.8. The molecule has 0 aromatic heterocycles. The molecule has 0 bridgehead atoms. The van der Waals surface area contributed by atoms with Crippen molar-refractivity contribution in [1.82, 2.24) is 4.90 Å². The van der Waals surface area contributed by atoms with Gasteiger partial charge >= 0.3 is 5.97 Å². The molecule has 1 aliphatic heterocycles. The number of hydrogen-bond donors (Lipinski definition) is 0. The predicted octanol–water partition coefficient (Wildman–Crippen LogP) is 3.34. The molecule has 29 heavy (non-hydrogen) atoms. The summed E-state index contributed by atoms with van der Waals surface area (Å²) in [5.74, 6) is -0.913. The highest BCUT2D eigenvalue weighted by Gasteiger charge is 2.33. The molecular formula is C20H28N2O7. The third-order valence-corrected chi connectivity index (χ3v) is 5.01. The van der Waals surface area contributed by atoms with Crippen LogP contribution in [-0.4, -0.2) is 54.1 Å². The van der Waals surface area contributed by atoms with E-state index in [1.54, 1.807) is 11.8 Å². The molecule has 0 aliphatic carbocycles. The molecular weight excluding hydrogens is 380 g/mol. The zero-order valence-corrected chi connectivity index (χ0v) is 17.3. The normalized spacial score (nSPS) is 17.4. The number of esters is 1. The first kappa shape index (κ1) is 22.4. The van der Waals surface area contributed by atoms with Crippen molar-refractivity contribution >= 4 is 17.6 Å². The van der Waals surface area contributed by atoms with E-state index in [9.17, 15) is 19.7 Å². The van der Waals surface area contributed by atoms with Crippen molar-refractivity contribution in [2.75, 3.05) is 20.3 Å². The highest BCUT2D eigenvalue weighted by atomic mass is 16.6. The Balaban J connectivity index is 2.25. The van der Waals surface area contributed by atoms with Crippen LogP contribution in [0.5, 0.6) is 11.5 Å². The first-order valence-electron chi connectivity index (χ1n) is 9.84. The average Bonchev–Trinajstić information content (AvgIpc) is 2.72. The van der Waals surface area contributed by atoms with E-state index in [1.165, 1.54) is 20.1 Å². The van der Waals surface area contributed by atoms with E-state index in [-0.39, 0.29) is 35.6 Å². The summed E-state index contributed by atoms with van der Waals surface area (Å²) in [6.45, 7) is 6.15. The Morgan fingerprint density at radius 1 is 1.28 bits per heavy atom. The van der Waals surface area contributed by atoms with Gasteiger partial charge in [0.1, 0.15) is 5.56 Å². The van der Waals surface area contributed by atoms with Crippen LogP contribution in [0.15, 0.2) is 12.1 Å². The Morgan fingerprint density at radius 3 is 2.59 bits per heavy atom. The van der Waals surface area contributed by atoms with Crippen molar-refractivity contribution in [3.05, 3.63) is 27.8 Å². The van der Waals surface area contributed by atoms with Gasteiger partial charge in [-0.1, -0.05) is 6.92 Å². The number of rotatable bonds is 8. The maximum Gasteiger partial charge on any atom is 0.346 e. The molecule has 1 aromatic carbocycles. The van der Waals surface area contributed by atoms with Gasteiger partial charge in [-0.15, -0.1) is 0 Å². The number of amides is 1. The largest absolute Gasteiger partial charge is 0.493 e. The lowest BCUT2D eigenvalue weighted by atomic mass is 9.99. The lowest BCUT2D eigenvalue weighted by molar-refractivity contribution is -0.385. The number of benzene rings is 1. The monoisotopic (exact) mass is 408 g/mol. The van der Waals surface area contributed by atoms with Crippen molar-refractivity contribution in [2.45, 2.75) is 58.6 Å². The zero-order chi connectivity index (χ0) is 21.6. The molecule has 0 saturated carbocycles. The lowest BCUT2D eigenvalue weighted by Gasteiger charge is -2.36. The summed E-state index contributed by atoms with van der Waals surface area (Å²) >= 11 is 0. The van der Waals surface area contributed by atoms with Gasteiger partial charge in [-0.05, 0) is 39.5 Å². The van der Waals surface area contributed by atoms with Crippen LogP contribution in [0.25, 0.3) is 0 Å². The van der Waals surface area contributed by atoms with Crippen LogP contribution >= 0.6 is 0 Å². The van der Waals surface area contributed by atoms with E-state index in [0.29, 0.717) is 6.54 Å². The minimum atomic E-state index is -1.05. The molecule has 160 valence electrons. The first-order valence-corrected chi connectivity index (χ1v) is 9.84. The van der Waals surface area contributed by atoms with Crippen LogP contribution in [0.2, 0.25) is 0 Å². The van der Waals surface area contributed by atoms with Crippen LogP contribution in [0.1, 0.15) is 56.8 Å². The van der Waals surface area contributed by atoms with Crippen LogP contribution in [0.4, 0.5) is 5.69 Å². The van der Waals surface area contributed by atoms with Crippen molar-refractivity contribution in [2.24, 2.45) is 0 Å². The van der Waals surface area contributed by atoms with Gasteiger partial charge in [0, 0.05) is 18.7 Å². The Kier molecular flexibility index (Phi) is 7.81. The number of carbonyl (C=O) groups is 2. The van der Waals surface area contributed by atoms with Crippen LogP contribution in [-0.2, 0) is 9.53 Å². The number of piperidine rings is 1. The number of carbonyl (C=O) groups excluding carboxylic acids is 2. The summed E-state index contributed by atoms with van der Waals surface area (Å²) in [5.41, 5.74) is -0.760. The molecule has 1 heterocycles. The second-order valence-electron chi connectivity index (χ2n) is 6.85. The van der Waals surface area contributed by atoms with Crippen LogP contribution < -0.4 is 9.47 Å². The molecule has 0 radical (unpaired) electrons. The number of nitro benzene ring substituents is 1. The smallest absolute Gasteiger partial charge is 0.346 e. The molecule has 2 atom stereocenters. The topological polar surface area (TPSA) is 108 Å². The fourth-order valence-electron chi connectivity index (χ4n) is 3.51. The molecule has 0 N–H and O–H groups in total. The lowest BCUT2D eigenvalue weighted by Crippen LogP contribution is -2.48. The number of methoxy groups -OCH3 is 1. The molecule has 1 aliphatic rings. The quantitative estimate of drug-likeness (QED) is 0.369. The standard InChI is InChI=1S/C20H28N2O7/c1-5-14-9-7-8-10-21(14)19(23)13(3)29-20(24)15-11-18(28-6-2)17(27-4)12-16(15)22(25)26/h11-14H,5-10H2,1-4H3. The molecule has 1 aromatic rings. The number of nitrogens with zero attached hydrogens (tertiary/aromatic N) is 2. The average molecular weight is 408 g/mol. The Hall–Kier alpha value is -2.84. The van der Waals surface area contributed by atoms with Crippen molar-refractivity contribution < 1.29 is 28.7 Å². The van der Waals surface area contributed by atoms with E-state index in [4.69, 9.17) is 14.2 Å². The maximum absolute atomic E-state index is 12.8. The van der Waals surface area contributed by atoms with Crippen LogP contribution in [0.3, 0.4) is 0 Å². The van der Waals surface area contributed by atoms with E-state index in [1.807, 2.05) is 6.92 Å². The summed E-state index contributed by atoms with van der Waals surface area (Å²) in [7, 11) is 1.35. The van der Waals surface area contributed by atoms with Crippen molar-refractivity contribution in [1.29, 1.82) is 0 Å². The number of ether oxygens (including phenoxy) is 3. The molecule has 9 nitrogen and oxygen atoms in total. The molecule has 2 rings (SSSR count). The Morgan fingerprint density at radius 2 is 2.00 bits per heavy atom. The summed E-state index contributed by atoms with van der Waals surface area (Å²) in [6, 6.07) is 2.46. The molecule has 1 fully saturated rings. The van der Waals surface area contributed by atoms with E-state index in [2.05, 4.69) is 0 Å². The Labute approximate surface area is 170 Å². The SMILES string of the molecule is CCOc1cc(C(=O)OC(C)C(=O)N2CCCCC2CC)c([N+](=O)[O-])cc1OC. The molecule has 9 heteroatoms. The third kappa shape index (κ3) is 5.16. The fraction of sp³-hybridized carbons (Fsp3) is 0.600. The highest BCUT2D eigenvalue weighted by molar-refractivity contribution is 5.96. The Bertz CT molecular complexity index is 765. The van der Waals surface area contributed by atoms with E-state index in [0.717, 1.165) is 31.7 Å². The molecule has 1 saturated heterocycles. The highest BCUT2D eigenvalue weighted by Crippen LogP contribution is 2.35. The number of likely N-dealkylation sites (tertiary alicyclic amines) is 1. The van der Waals surface area contributed by atoms with Gasteiger partial charge in [-0.3, -0.25) is 14.9 Å². The minimum absolute atomic E-state index is 0.122. The van der Waals surface area contributed by atoms with Gasteiger partial charge in [0.2, 0.25) is 0 Å². The van der Waals surface area contributed by atoms with Gasteiger partial charge in [-0.25, -0.2) is 4.79 Å². The molecule has 1 amide bonds. The molecule has 0 spiro atoms. The molecule has 2 unspecified atom stereocenters. The summed E-state index contributed by atoms with van der Waals surface area (Å²) in [5, 5.41) is 11.4. The third-order valence-electron chi connectivity index (χ3n) is 5.01. The van der Waals surface area contributed by atoms with E-state index < -0.39 is 22.7 Å². The summed E-state index contributed by atoms with van der Waals surface area (Å²) in [4.78, 5) is 38.0. The summed E-state index contributed by atoms with van der Waals surface area (Å²) in [6.07, 6.45) is 2.67. The number of hydrogen-bond acceptors (Lipinski definition) is 7. The number of nitro groups is 1. The van der Waals surface area contributed by atoms with Gasteiger partial charge in [0.05, 0.1) is 24.7 Å². The van der Waals surface area contributed by atoms with Crippen molar-refractivity contribution in [3.63, 3.8) is 0 Å². The minimum Gasteiger partial charge on any atom is -0.493 e. The summed E-state index contributed by atoms with van der Waals surface area (Å²) < 4.78 is 15.8. The first-order chi connectivity index (χ1) is 13.8. The van der Waals surface area contributed by atoms with Crippen LogP contribution in [0, 0.1) is 10.1 Å². The zero-order valence-electron chi connectivity index (χ0n) is 17.3. The predicted molar refractivity (Wildman–Crippen MR) is 105 cm³/mol. The second kappa shape index (κ2) is 10.1.